The summed E-state index contributed by atoms with van der Waals surface area (Å²) >= 11 is 0. The quantitative estimate of drug-likeness (QED) is 0.853. The lowest BCUT2D eigenvalue weighted by Crippen LogP contribution is -2.41. The Labute approximate surface area is 119 Å². The average Bonchev–Trinajstić information content (AvgIpc) is 2.47. The van der Waals surface area contributed by atoms with Gasteiger partial charge in [0.25, 0.3) is 5.91 Å². The summed E-state index contributed by atoms with van der Waals surface area (Å²) in [6.45, 7) is 2.21. The van der Waals surface area contributed by atoms with E-state index in [4.69, 9.17) is 15.2 Å². The Bertz CT molecular complexity index is 474. The van der Waals surface area contributed by atoms with E-state index in [9.17, 15) is 4.79 Å². The van der Waals surface area contributed by atoms with Gasteiger partial charge in [0.05, 0.1) is 19.3 Å². The summed E-state index contributed by atoms with van der Waals surface area (Å²) in [5.74, 6) is 1.07. The predicted octanol–water partition coefficient (Wildman–Crippen LogP) is 1.78. The molecule has 1 saturated heterocycles. The number of hydrogen-bond donors (Lipinski definition) is 1. The van der Waals surface area contributed by atoms with Crippen LogP contribution < -0.4 is 10.5 Å². The van der Waals surface area contributed by atoms with Gasteiger partial charge in [0.2, 0.25) is 0 Å². The SMILES string of the molecule is COCC1CCCN(C(=O)c2ccc(OC)cc2N)C1. The molecule has 110 valence electrons. The number of nitrogens with two attached hydrogens (primary N) is 1. The van der Waals surface area contributed by atoms with Gasteiger partial charge in [0.15, 0.2) is 0 Å². The van der Waals surface area contributed by atoms with Gasteiger partial charge in [0.1, 0.15) is 5.75 Å². The minimum atomic E-state index is -0.00837. The molecule has 1 aliphatic heterocycles. The minimum Gasteiger partial charge on any atom is -0.497 e. The maximum Gasteiger partial charge on any atom is 0.255 e. The molecule has 0 aromatic heterocycles. The fourth-order valence-corrected chi connectivity index (χ4v) is 2.65. The zero-order valence-corrected chi connectivity index (χ0v) is 12.1. The van der Waals surface area contributed by atoms with Crippen molar-refractivity contribution in [3.8, 4) is 5.75 Å². The smallest absolute Gasteiger partial charge is 0.255 e. The van der Waals surface area contributed by atoms with Crippen molar-refractivity contribution in [2.75, 3.05) is 39.6 Å². The maximum absolute atomic E-state index is 12.5. The van der Waals surface area contributed by atoms with Crippen LogP contribution in [-0.4, -0.2) is 44.7 Å². The van der Waals surface area contributed by atoms with E-state index < -0.39 is 0 Å². The first-order chi connectivity index (χ1) is 9.65. The first kappa shape index (κ1) is 14.7. The standard InChI is InChI=1S/C15H22N2O3/c1-19-10-11-4-3-7-17(9-11)15(18)13-6-5-12(20-2)8-14(13)16/h5-6,8,11H,3-4,7,9-10,16H2,1-2H3. The van der Waals surface area contributed by atoms with Gasteiger partial charge in [-0.25, -0.2) is 0 Å². The van der Waals surface area contributed by atoms with Gasteiger partial charge in [0, 0.05) is 32.0 Å². The highest BCUT2D eigenvalue weighted by molar-refractivity contribution is 5.99. The van der Waals surface area contributed by atoms with Gasteiger partial charge in [-0.1, -0.05) is 0 Å². The topological polar surface area (TPSA) is 64.8 Å². The number of anilines is 1. The van der Waals surface area contributed by atoms with Crippen molar-refractivity contribution in [2.24, 2.45) is 5.92 Å². The van der Waals surface area contributed by atoms with E-state index in [0.717, 1.165) is 25.9 Å². The van der Waals surface area contributed by atoms with Gasteiger partial charge in [-0.05, 0) is 30.9 Å². The number of nitrogens with zero attached hydrogens (tertiary/aromatic N) is 1. The average molecular weight is 278 g/mol. The summed E-state index contributed by atoms with van der Waals surface area (Å²) in [4.78, 5) is 14.4. The number of amides is 1. The van der Waals surface area contributed by atoms with Crippen LogP contribution in [-0.2, 0) is 4.74 Å². The van der Waals surface area contributed by atoms with E-state index in [2.05, 4.69) is 0 Å². The van der Waals surface area contributed by atoms with Gasteiger partial charge in [-0.15, -0.1) is 0 Å². The first-order valence-electron chi connectivity index (χ1n) is 6.87. The molecular weight excluding hydrogens is 256 g/mol. The highest BCUT2D eigenvalue weighted by Crippen LogP contribution is 2.24. The fourth-order valence-electron chi connectivity index (χ4n) is 2.65. The highest BCUT2D eigenvalue weighted by atomic mass is 16.5. The Kier molecular flexibility index (Phi) is 4.84. The second-order valence-electron chi connectivity index (χ2n) is 5.17. The highest BCUT2D eigenvalue weighted by Gasteiger charge is 2.25. The van der Waals surface area contributed by atoms with E-state index >= 15 is 0 Å². The minimum absolute atomic E-state index is 0.00837. The molecule has 1 amide bonds. The predicted molar refractivity (Wildman–Crippen MR) is 77.9 cm³/mol. The number of rotatable bonds is 4. The van der Waals surface area contributed by atoms with Crippen molar-refractivity contribution in [1.29, 1.82) is 0 Å². The van der Waals surface area contributed by atoms with E-state index in [1.54, 1.807) is 32.4 Å². The number of hydrogen-bond acceptors (Lipinski definition) is 4. The van der Waals surface area contributed by atoms with E-state index in [0.29, 0.717) is 29.5 Å². The molecular formula is C15H22N2O3. The van der Waals surface area contributed by atoms with Crippen LogP contribution in [0.4, 0.5) is 5.69 Å². The second-order valence-corrected chi connectivity index (χ2v) is 5.17. The first-order valence-corrected chi connectivity index (χ1v) is 6.87. The molecule has 0 bridgehead atoms. The summed E-state index contributed by atoms with van der Waals surface area (Å²) in [6, 6.07) is 5.18. The van der Waals surface area contributed by atoms with Crippen LogP contribution >= 0.6 is 0 Å². The molecule has 2 rings (SSSR count). The lowest BCUT2D eigenvalue weighted by Gasteiger charge is -2.32. The summed E-state index contributed by atoms with van der Waals surface area (Å²) in [5.41, 5.74) is 6.95. The molecule has 0 radical (unpaired) electrons. The lowest BCUT2D eigenvalue weighted by atomic mass is 9.98. The Morgan fingerprint density at radius 3 is 2.90 bits per heavy atom. The van der Waals surface area contributed by atoms with Crippen LogP contribution in [0.1, 0.15) is 23.2 Å². The molecule has 0 saturated carbocycles. The van der Waals surface area contributed by atoms with Crippen molar-refractivity contribution < 1.29 is 14.3 Å². The molecule has 1 heterocycles. The molecule has 1 unspecified atom stereocenters. The molecule has 1 atom stereocenters. The third-order valence-corrected chi connectivity index (χ3v) is 3.70. The summed E-state index contributed by atoms with van der Waals surface area (Å²) in [6.07, 6.45) is 2.12. The number of likely N-dealkylation sites (tertiary alicyclic amines) is 1. The molecule has 0 spiro atoms. The molecule has 1 fully saturated rings. The Hall–Kier alpha value is -1.75. The number of nitrogen functional groups attached to an aromatic ring is 1. The van der Waals surface area contributed by atoms with Crippen LogP contribution in [0.25, 0.3) is 0 Å². The summed E-state index contributed by atoms with van der Waals surface area (Å²) in [5, 5.41) is 0. The zero-order chi connectivity index (χ0) is 14.5. The number of ether oxygens (including phenoxy) is 2. The van der Waals surface area contributed by atoms with Crippen LogP contribution in [0, 0.1) is 5.92 Å². The van der Waals surface area contributed by atoms with Gasteiger partial charge in [-0.3, -0.25) is 4.79 Å². The Morgan fingerprint density at radius 2 is 2.25 bits per heavy atom. The summed E-state index contributed by atoms with van der Waals surface area (Å²) in [7, 11) is 3.28. The molecule has 1 aliphatic rings. The van der Waals surface area contributed by atoms with E-state index in [1.807, 2.05) is 4.90 Å². The molecule has 0 aliphatic carbocycles. The number of benzene rings is 1. The number of carbonyl (C=O) groups is 1. The number of carbonyl (C=O) groups excluding carboxylic acids is 1. The number of piperidine rings is 1. The van der Waals surface area contributed by atoms with Crippen molar-refractivity contribution in [3.05, 3.63) is 23.8 Å². The maximum atomic E-state index is 12.5. The second kappa shape index (κ2) is 6.61. The van der Waals surface area contributed by atoms with Crippen molar-refractivity contribution in [3.63, 3.8) is 0 Å². The normalized spacial score (nSPS) is 18.9. The van der Waals surface area contributed by atoms with E-state index in [-0.39, 0.29) is 5.91 Å². The lowest BCUT2D eigenvalue weighted by molar-refractivity contribution is 0.0572. The molecule has 1 aromatic rings. The van der Waals surface area contributed by atoms with Crippen LogP contribution in [0.2, 0.25) is 0 Å². The van der Waals surface area contributed by atoms with E-state index in [1.165, 1.54) is 0 Å². The van der Waals surface area contributed by atoms with Crippen molar-refractivity contribution >= 4 is 11.6 Å². The van der Waals surface area contributed by atoms with Crippen LogP contribution in [0.5, 0.6) is 5.75 Å². The van der Waals surface area contributed by atoms with Gasteiger partial charge in [-0.2, -0.15) is 0 Å². The summed E-state index contributed by atoms with van der Waals surface area (Å²) < 4.78 is 10.3. The molecule has 5 nitrogen and oxygen atoms in total. The van der Waals surface area contributed by atoms with Gasteiger partial charge >= 0.3 is 0 Å². The molecule has 5 heteroatoms. The third-order valence-electron chi connectivity index (χ3n) is 3.70. The largest absolute Gasteiger partial charge is 0.497 e. The third kappa shape index (κ3) is 3.22. The van der Waals surface area contributed by atoms with Crippen LogP contribution in [0.15, 0.2) is 18.2 Å². The number of methoxy groups -OCH3 is 2. The zero-order valence-electron chi connectivity index (χ0n) is 12.1. The van der Waals surface area contributed by atoms with Crippen molar-refractivity contribution in [2.45, 2.75) is 12.8 Å². The van der Waals surface area contributed by atoms with Crippen LogP contribution in [0.3, 0.4) is 0 Å². The monoisotopic (exact) mass is 278 g/mol. The van der Waals surface area contributed by atoms with Gasteiger partial charge < -0.3 is 20.1 Å². The fraction of sp³-hybridized carbons (Fsp3) is 0.533. The molecule has 2 N–H and O–H groups in total. The molecule has 1 aromatic carbocycles. The Balaban J connectivity index is 2.10. The molecule has 20 heavy (non-hydrogen) atoms. The Morgan fingerprint density at radius 1 is 1.45 bits per heavy atom. The van der Waals surface area contributed by atoms with Crippen molar-refractivity contribution in [1.82, 2.24) is 4.90 Å².